The number of carbonyl (C=O) groups is 1. The first-order chi connectivity index (χ1) is 7.79. The average Bonchev–Trinajstić information content (AvgIpc) is 2.31. The van der Waals surface area contributed by atoms with Crippen LogP contribution >= 0.6 is 11.6 Å². The standard InChI is InChI=1S/C13H14ClNO.ClH/c14-13(16)15(11-7-3-1-4-8-11)12-9-5-2-6-10-12;/h1,3-4,7-9H,2,5-6,10H2;1H. The molecule has 17 heavy (non-hydrogen) atoms. The lowest BCUT2D eigenvalue weighted by Gasteiger charge is -2.19. The Labute approximate surface area is 113 Å². The van der Waals surface area contributed by atoms with Crippen molar-refractivity contribution in [3.63, 3.8) is 0 Å². The zero-order valence-electron chi connectivity index (χ0n) is 9.46. The van der Waals surface area contributed by atoms with Gasteiger partial charge in [-0.15, -0.1) is 0 Å². The molecule has 0 aliphatic heterocycles. The molecule has 0 spiro atoms. The number of hydrogen-bond acceptors (Lipinski definition) is 1. The Balaban J connectivity index is 0.00000144. The van der Waals surface area contributed by atoms with Crippen LogP contribution in [0, 0.1) is 0 Å². The number of rotatable bonds is 2. The van der Waals surface area contributed by atoms with E-state index in [1.165, 1.54) is 6.42 Å². The Bertz CT molecular complexity index is 403. The zero-order valence-corrected chi connectivity index (χ0v) is 11.0. The molecule has 2 nitrogen and oxygen atoms in total. The van der Waals surface area contributed by atoms with Gasteiger partial charge in [-0.05, 0) is 25.3 Å². The molecule has 2 rings (SSSR count). The minimum absolute atomic E-state index is 0. The first kappa shape index (κ1) is 14.2. The third kappa shape index (κ3) is 3.56. The van der Waals surface area contributed by atoms with Crippen molar-refractivity contribution >= 4 is 22.7 Å². The van der Waals surface area contributed by atoms with E-state index in [0.29, 0.717) is 4.90 Å². The number of benzene rings is 1. The van der Waals surface area contributed by atoms with Crippen LogP contribution in [0.4, 0.5) is 10.5 Å². The molecule has 1 amide bonds. The van der Waals surface area contributed by atoms with Gasteiger partial charge in [0.05, 0.1) is 0 Å². The molecular formula is C13H15Cl2NO. The van der Waals surface area contributed by atoms with Crippen LogP contribution in [-0.4, -0.2) is 5.37 Å². The first-order valence-corrected chi connectivity index (χ1v) is 5.98. The quantitative estimate of drug-likeness (QED) is 0.595. The van der Waals surface area contributed by atoms with Crippen LogP contribution in [-0.2, 0) is 0 Å². The van der Waals surface area contributed by atoms with Crippen LogP contribution in [0.15, 0.2) is 42.1 Å². The van der Waals surface area contributed by atoms with Gasteiger partial charge < -0.3 is 12.4 Å². The van der Waals surface area contributed by atoms with Crippen molar-refractivity contribution in [2.45, 2.75) is 25.7 Å². The van der Waals surface area contributed by atoms with E-state index in [2.05, 4.69) is 6.08 Å². The minimum atomic E-state index is -0.348. The van der Waals surface area contributed by atoms with E-state index in [1.807, 2.05) is 30.3 Å². The van der Waals surface area contributed by atoms with E-state index in [-0.39, 0.29) is 17.8 Å². The van der Waals surface area contributed by atoms with E-state index in [1.54, 1.807) is 0 Å². The van der Waals surface area contributed by atoms with Crippen molar-refractivity contribution < 1.29 is 22.1 Å². The second-order valence-corrected chi connectivity index (χ2v) is 4.33. The summed E-state index contributed by atoms with van der Waals surface area (Å²) in [6, 6.07) is 9.67. The predicted molar refractivity (Wildman–Crippen MR) is 64.9 cm³/mol. The summed E-state index contributed by atoms with van der Waals surface area (Å²) < 4.78 is 0. The van der Waals surface area contributed by atoms with Crippen LogP contribution in [0.2, 0.25) is 0 Å². The van der Waals surface area contributed by atoms with Crippen molar-refractivity contribution in [3.8, 4) is 0 Å². The fourth-order valence-corrected chi connectivity index (χ4v) is 2.33. The van der Waals surface area contributed by atoms with Gasteiger partial charge in [0.1, 0.15) is 11.4 Å². The number of amides is 1. The number of carbonyl (C=O) groups excluding carboxylic acids is 1. The molecule has 92 valence electrons. The Morgan fingerprint density at radius 1 is 1.18 bits per heavy atom. The summed E-state index contributed by atoms with van der Waals surface area (Å²) in [5, 5.41) is -0.348. The molecule has 0 saturated carbocycles. The van der Waals surface area contributed by atoms with Gasteiger partial charge in [0.15, 0.2) is 0 Å². The molecule has 1 aliphatic carbocycles. The number of halogens is 2. The van der Waals surface area contributed by atoms with Gasteiger partial charge >= 0.3 is 5.37 Å². The molecular weight excluding hydrogens is 257 g/mol. The number of para-hydroxylation sites is 1. The third-order valence-electron chi connectivity index (χ3n) is 2.87. The van der Waals surface area contributed by atoms with E-state index < -0.39 is 0 Å². The molecule has 1 aliphatic rings. The summed E-state index contributed by atoms with van der Waals surface area (Å²) in [5.41, 5.74) is 2.04. The van der Waals surface area contributed by atoms with Gasteiger partial charge in [-0.2, -0.15) is 4.90 Å². The Morgan fingerprint density at radius 3 is 2.41 bits per heavy atom. The van der Waals surface area contributed by atoms with E-state index in [4.69, 9.17) is 11.6 Å². The molecule has 0 fully saturated rings. The molecule has 1 aromatic carbocycles. The fourth-order valence-electron chi connectivity index (χ4n) is 2.10. The number of quaternary nitrogens is 1. The van der Waals surface area contributed by atoms with E-state index in [9.17, 15) is 4.79 Å². The summed E-state index contributed by atoms with van der Waals surface area (Å²) in [6.07, 6.45) is 6.51. The second kappa shape index (κ2) is 6.80. The molecule has 1 aromatic rings. The van der Waals surface area contributed by atoms with Gasteiger partial charge in [0, 0.05) is 30.2 Å². The second-order valence-electron chi connectivity index (χ2n) is 3.99. The largest absolute Gasteiger partial charge is 1.00 e. The van der Waals surface area contributed by atoms with Crippen molar-refractivity contribution in [2.24, 2.45) is 0 Å². The monoisotopic (exact) mass is 271 g/mol. The molecule has 1 unspecified atom stereocenters. The number of nitrogens with one attached hydrogen (secondary N) is 1. The first-order valence-electron chi connectivity index (χ1n) is 5.60. The topological polar surface area (TPSA) is 21.5 Å². The lowest BCUT2D eigenvalue weighted by molar-refractivity contribution is -0.691. The highest BCUT2D eigenvalue weighted by Gasteiger charge is 2.25. The molecule has 1 N–H and O–H groups in total. The van der Waals surface area contributed by atoms with E-state index in [0.717, 1.165) is 30.6 Å². The minimum Gasteiger partial charge on any atom is -1.00 e. The Morgan fingerprint density at radius 2 is 1.88 bits per heavy atom. The number of allylic oxidation sites excluding steroid dienone is 2. The van der Waals surface area contributed by atoms with Crippen LogP contribution in [0.1, 0.15) is 25.7 Å². The SMILES string of the molecule is O=C(Cl)[NH+](C1=CCCCC1)c1ccccc1.[Cl-]. The average molecular weight is 272 g/mol. The van der Waals surface area contributed by atoms with Crippen molar-refractivity contribution in [3.05, 3.63) is 42.1 Å². The summed E-state index contributed by atoms with van der Waals surface area (Å²) in [7, 11) is 0. The molecule has 4 heteroatoms. The lowest BCUT2D eigenvalue weighted by Crippen LogP contribution is -3.07. The summed E-state index contributed by atoms with van der Waals surface area (Å²) in [6.45, 7) is 0. The van der Waals surface area contributed by atoms with Crippen molar-refractivity contribution in [2.75, 3.05) is 0 Å². The van der Waals surface area contributed by atoms with E-state index >= 15 is 0 Å². The smallest absolute Gasteiger partial charge is 0.420 e. The van der Waals surface area contributed by atoms with Crippen LogP contribution in [0.3, 0.4) is 0 Å². The third-order valence-corrected chi connectivity index (χ3v) is 3.06. The molecule has 0 saturated heterocycles. The van der Waals surface area contributed by atoms with Gasteiger partial charge in [-0.3, -0.25) is 0 Å². The van der Waals surface area contributed by atoms with Gasteiger partial charge in [0.2, 0.25) is 0 Å². The molecule has 1 atom stereocenters. The van der Waals surface area contributed by atoms with Crippen LogP contribution in [0.25, 0.3) is 0 Å². The predicted octanol–water partition coefficient (Wildman–Crippen LogP) is 0.0237. The molecule has 0 heterocycles. The maximum atomic E-state index is 11.5. The highest BCUT2D eigenvalue weighted by molar-refractivity contribution is 6.60. The van der Waals surface area contributed by atoms with Crippen molar-refractivity contribution in [1.82, 2.24) is 0 Å². The zero-order chi connectivity index (χ0) is 11.4. The number of hydrogen-bond donors (Lipinski definition) is 1. The fraction of sp³-hybridized carbons (Fsp3) is 0.308. The van der Waals surface area contributed by atoms with Gasteiger partial charge in [-0.25, -0.2) is 4.79 Å². The summed E-state index contributed by atoms with van der Waals surface area (Å²) >= 11 is 5.69. The Kier molecular flexibility index (Phi) is 5.69. The Hall–Kier alpha value is -0.830. The summed E-state index contributed by atoms with van der Waals surface area (Å²) in [4.78, 5) is 12.2. The maximum Gasteiger partial charge on any atom is 0.420 e. The van der Waals surface area contributed by atoms with Crippen molar-refractivity contribution in [1.29, 1.82) is 0 Å². The lowest BCUT2D eigenvalue weighted by atomic mass is 10.0. The molecule has 0 radical (unpaired) electrons. The normalized spacial score (nSPS) is 16.6. The van der Waals surface area contributed by atoms with Gasteiger partial charge in [0.25, 0.3) is 0 Å². The maximum absolute atomic E-state index is 11.5. The molecule has 0 bridgehead atoms. The highest BCUT2D eigenvalue weighted by atomic mass is 35.5. The summed E-state index contributed by atoms with van der Waals surface area (Å²) in [5.74, 6) is 0. The van der Waals surface area contributed by atoms with Gasteiger partial charge in [-0.1, -0.05) is 18.2 Å². The molecule has 0 aromatic heterocycles. The highest BCUT2D eigenvalue weighted by Crippen LogP contribution is 2.15. The van der Waals surface area contributed by atoms with Crippen LogP contribution in [0.5, 0.6) is 0 Å². The van der Waals surface area contributed by atoms with Crippen LogP contribution < -0.4 is 17.3 Å².